The first kappa shape index (κ1) is 22.6. The molecule has 3 aliphatic rings. The highest BCUT2D eigenvalue weighted by molar-refractivity contribution is 6.51. The van der Waals surface area contributed by atoms with E-state index >= 15 is 0 Å². The van der Waals surface area contributed by atoms with Gasteiger partial charge in [-0.15, -0.1) is 0 Å². The molecule has 2 N–H and O–H groups in total. The fraction of sp³-hybridized carbons (Fsp3) is 0.500. The van der Waals surface area contributed by atoms with E-state index in [0.29, 0.717) is 22.3 Å². The molecule has 170 valence electrons. The quantitative estimate of drug-likeness (QED) is 0.303. The Bertz CT molecular complexity index is 1220. The molecular formula is C28H34O4. The van der Waals surface area contributed by atoms with Gasteiger partial charge in [0, 0.05) is 33.1 Å². The third kappa shape index (κ3) is 2.61. The van der Waals surface area contributed by atoms with Crippen LogP contribution in [0.5, 0.6) is 11.5 Å². The lowest BCUT2D eigenvalue weighted by Crippen LogP contribution is -2.36. The Morgan fingerprint density at radius 1 is 0.781 bits per heavy atom. The van der Waals surface area contributed by atoms with Gasteiger partial charge in [-0.3, -0.25) is 9.59 Å². The zero-order valence-electron chi connectivity index (χ0n) is 20.9. The van der Waals surface area contributed by atoms with Gasteiger partial charge in [-0.1, -0.05) is 69.2 Å². The van der Waals surface area contributed by atoms with Gasteiger partial charge in [-0.05, 0) is 45.3 Å². The van der Waals surface area contributed by atoms with Gasteiger partial charge in [-0.2, -0.15) is 0 Å². The maximum absolute atomic E-state index is 13.4. The van der Waals surface area contributed by atoms with E-state index in [1.165, 1.54) is 0 Å². The molecule has 0 spiro atoms. The number of hydrogen-bond acceptors (Lipinski definition) is 4. The molecular weight excluding hydrogens is 400 g/mol. The van der Waals surface area contributed by atoms with Crippen LogP contribution >= 0.6 is 0 Å². The van der Waals surface area contributed by atoms with Crippen LogP contribution < -0.4 is 0 Å². The van der Waals surface area contributed by atoms with E-state index in [-0.39, 0.29) is 16.9 Å². The number of aromatic hydroxyl groups is 2. The summed E-state index contributed by atoms with van der Waals surface area (Å²) in [4.78, 5) is 26.5. The molecule has 0 saturated carbocycles. The third-order valence-electron chi connectivity index (χ3n) is 7.41. The predicted octanol–water partition coefficient (Wildman–Crippen LogP) is 5.90. The number of fused-ring (bicyclic) bond motifs is 3. The minimum absolute atomic E-state index is 0.0849. The maximum atomic E-state index is 13.4. The SMILES string of the molecule is CC(C)(C)C1=CC2=C(C(=O)C1=O)C(C)(C)C1=C2c2cc(C(C)(C)C)c(O)c(O)c2C1(C)C. The van der Waals surface area contributed by atoms with E-state index in [1.807, 2.05) is 81.4 Å². The highest BCUT2D eigenvalue weighted by Gasteiger charge is 2.56. The van der Waals surface area contributed by atoms with Crippen molar-refractivity contribution in [3.05, 3.63) is 51.1 Å². The average Bonchev–Trinajstić information content (AvgIpc) is 2.99. The summed E-state index contributed by atoms with van der Waals surface area (Å²) in [6.07, 6.45) is 1.90. The van der Waals surface area contributed by atoms with Crippen LogP contribution in [0.15, 0.2) is 34.4 Å². The third-order valence-corrected chi connectivity index (χ3v) is 7.41. The minimum atomic E-state index is -0.677. The molecule has 4 rings (SSSR count). The van der Waals surface area contributed by atoms with Crippen molar-refractivity contribution >= 4 is 17.1 Å². The van der Waals surface area contributed by atoms with Crippen LogP contribution in [-0.2, 0) is 20.4 Å². The number of hydrogen-bond donors (Lipinski definition) is 2. The van der Waals surface area contributed by atoms with Crippen molar-refractivity contribution in [2.24, 2.45) is 10.8 Å². The van der Waals surface area contributed by atoms with Crippen molar-refractivity contribution in [1.82, 2.24) is 0 Å². The van der Waals surface area contributed by atoms with Gasteiger partial charge >= 0.3 is 0 Å². The summed E-state index contributed by atoms with van der Waals surface area (Å²) in [5.41, 5.74) is 3.81. The second-order valence-corrected chi connectivity index (χ2v) is 12.5. The molecule has 0 heterocycles. The molecule has 0 radical (unpaired) electrons. The Morgan fingerprint density at radius 3 is 1.84 bits per heavy atom. The molecule has 3 aliphatic carbocycles. The fourth-order valence-electron chi connectivity index (χ4n) is 6.15. The molecule has 0 aliphatic heterocycles. The topological polar surface area (TPSA) is 74.6 Å². The lowest BCUT2D eigenvalue weighted by Gasteiger charge is -2.37. The largest absolute Gasteiger partial charge is 0.504 e. The fourth-order valence-corrected chi connectivity index (χ4v) is 6.15. The molecule has 0 bridgehead atoms. The first-order valence-corrected chi connectivity index (χ1v) is 11.3. The molecule has 4 heteroatoms. The van der Waals surface area contributed by atoms with Crippen LogP contribution in [0.2, 0.25) is 0 Å². The average molecular weight is 435 g/mol. The molecule has 32 heavy (non-hydrogen) atoms. The second-order valence-electron chi connectivity index (χ2n) is 12.5. The predicted molar refractivity (Wildman–Crippen MR) is 127 cm³/mol. The number of carbonyl (C=O) groups excluding carboxylic acids is 2. The van der Waals surface area contributed by atoms with Crippen molar-refractivity contribution in [2.45, 2.75) is 80.1 Å². The Balaban J connectivity index is 2.14. The summed E-state index contributed by atoms with van der Waals surface area (Å²) in [6, 6.07) is 1.96. The van der Waals surface area contributed by atoms with E-state index in [0.717, 1.165) is 22.3 Å². The summed E-state index contributed by atoms with van der Waals surface area (Å²) < 4.78 is 0. The number of benzene rings is 1. The van der Waals surface area contributed by atoms with Crippen molar-refractivity contribution in [3.63, 3.8) is 0 Å². The van der Waals surface area contributed by atoms with Crippen LogP contribution in [0.3, 0.4) is 0 Å². The van der Waals surface area contributed by atoms with Crippen molar-refractivity contribution in [1.29, 1.82) is 0 Å². The second kappa shape index (κ2) is 6.03. The van der Waals surface area contributed by atoms with Gasteiger partial charge in [0.05, 0.1) is 0 Å². The summed E-state index contributed by atoms with van der Waals surface area (Å²) in [7, 11) is 0. The van der Waals surface area contributed by atoms with Gasteiger partial charge in [0.2, 0.25) is 11.6 Å². The molecule has 1 aromatic rings. The highest BCUT2D eigenvalue weighted by atomic mass is 16.3. The minimum Gasteiger partial charge on any atom is -0.504 e. The molecule has 4 nitrogen and oxygen atoms in total. The van der Waals surface area contributed by atoms with Crippen molar-refractivity contribution < 1.29 is 19.8 Å². The normalized spacial score (nSPS) is 21.6. The first-order chi connectivity index (χ1) is 14.3. The number of carbonyl (C=O) groups is 2. The van der Waals surface area contributed by atoms with Crippen molar-refractivity contribution in [2.75, 3.05) is 0 Å². The highest BCUT2D eigenvalue weighted by Crippen LogP contribution is 2.66. The number of allylic oxidation sites excluding steroid dienone is 6. The van der Waals surface area contributed by atoms with E-state index in [1.54, 1.807) is 0 Å². The van der Waals surface area contributed by atoms with Crippen molar-refractivity contribution in [3.8, 4) is 11.5 Å². The summed E-state index contributed by atoms with van der Waals surface area (Å²) in [5.74, 6) is -1.03. The molecule has 0 amide bonds. The van der Waals surface area contributed by atoms with Crippen LogP contribution in [-0.4, -0.2) is 21.8 Å². The molecule has 0 saturated heterocycles. The van der Waals surface area contributed by atoms with Gasteiger partial charge in [-0.25, -0.2) is 0 Å². The summed E-state index contributed by atoms with van der Waals surface area (Å²) in [6.45, 7) is 19.8. The smallest absolute Gasteiger partial charge is 0.230 e. The Kier molecular flexibility index (Phi) is 4.26. The van der Waals surface area contributed by atoms with Crippen LogP contribution in [0, 0.1) is 10.8 Å². The number of Topliss-reactive ketones (excluding diaryl/α,β-unsaturated/α-hetero) is 2. The first-order valence-electron chi connectivity index (χ1n) is 11.3. The van der Waals surface area contributed by atoms with E-state index < -0.39 is 27.8 Å². The number of phenols is 2. The molecule has 0 atom stereocenters. The summed E-state index contributed by atoms with van der Waals surface area (Å²) >= 11 is 0. The monoisotopic (exact) mass is 434 g/mol. The Labute approximate surface area is 190 Å². The van der Waals surface area contributed by atoms with Crippen LogP contribution in [0.1, 0.15) is 85.9 Å². The number of rotatable bonds is 0. The Morgan fingerprint density at radius 2 is 1.34 bits per heavy atom. The van der Waals surface area contributed by atoms with E-state index in [9.17, 15) is 19.8 Å². The number of phenolic OH excluding ortho intramolecular Hbond substituents is 2. The Hall–Kier alpha value is -2.62. The molecule has 0 aromatic heterocycles. The number of ketones is 2. The van der Waals surface area contributed by atoms with Gasteiger partial charge in [0.25, 0.3) is 0 Å². The molecule has 1 aromatic carbocycles. The molecule has 0 unspecified atom stereocenters. The maximum Gasteiger partial charge on any atom is 0.230 e. The zero-order chi connectivity index (χ0) is 24.3. The van der Waals surface area contributed by atoms with Gasteiger partial charge in [0.1, 0.15) is 0 Å². The molecule has 0 fully saturated rings. The standard InChI is InChI=1S/C28H34O4/c1-25(2,3)15-11-13-17-14-12-16(26(4,5)6)21(30)23(32)19(14)28(9,10)24(17)27(7,8)18(13)22(31)20(15)29/h11-12,29,31H,1-10H3. The van der Waals surface area contributed by atoms with Crippen LogP contribution in [0.25, 0.3) is 5.57 Å². The lowest BCUT2D eigenvalue weighted by molar-refractivity contribution is -0.133. The van der Waals surface area contributed by atoms with E-state index in [4.69, 9.17) is 0 Å². The lowest BCUT2D eigenvalue weighted by atomic mass is 9.65. The summed E-state index contributed by atoms with van der Waals surface area (Å²) in [5, 5.41) is 22.1. The van der Waals surface area contributed by atoms with Gasteiger partial charge < -0.3 is 10.2 Å². The zero-order valence-corrected chi connectivity index (χ0v) is 20.9. The van der Waals surface area contributed by atoms with Gasteiger partial charge in [0.15, 0.2) is 11.5 Å². The van der Waals surface area contributed by atoms with E-state index in [2.05, 4.69) is 0 Å². The van der Waals surface area contributed by atoms with Crippen LogP contribution in [0.4, 0.5) is 0 Å².